The van der Waals surface area contributed by atoms with Crippen LogP contribution < -0.4 is 24.8 Å². The third-order valence-corrected chi connectivity index (χ3v) is 5.76. The maximum atomic E-state index is 12.1. The Balaban J connectivity index is 1.99. The fraction of sp³-hybridized carbons (Fsp3) is 0.333. The van der Waals surface area contributed by atoms with Crippen LogP contribution >= 0.6 is 0 Å². The second kappa shape index (κ2) is 9.42. The number of hydrogen-bond acceptors (Lipinski definition) is 8. The third-order valence-electron chi connectivity index (χ3n) is 5.76. The highest BCUT2D eigenvalue weighted by Crippen LogP contribution is 2.50. The number of aromatic nitrogens is 2. The van der Waals surface area contributed by atoms with Gasteiger partial charge in [0, 0.05) is 12.5 Å². The van der Waals surface area contributed by atoms with Crippen molar-refractivity contribution in [3.63, 3.8) is 0 Å². The van der Waals surface area contributed by atoms with E-state index in [0.29, 0.717) is 41.5 Å². The maximum Gasteiger partial charge on any atom is 0.413 e. The number of nitrogens with zero attached hydrogens (tertiary/aromatic N) is 2. The number of nitrogens with one attached hydrogen (secondary N) is 2. The van der Waals surface area contributed by atoms with Gasteiger partial charge in [0.1, 0.15) is 0 Å². The fourth-order valence-electron chi connectivity index (χ4n) is 4.34. The zero-order valence-electron chi connectivity index (χ0n) is 19.6. The number of aryl methyl sites for hydroxylation is 1. The number of imidazole rings is 1. The zero-order chi connectivity index (χ0) is 24.4. The van der Waals surface area contributed by atoms with Crippen LogP contribution in [0.3, 0.4) is 0 Å². The van der Waals surface area contributed by atoms with Crippen LogP contribution in [-0.4, -0.2) is 50.4 Å². The van der Waals surface area contributed by atoms with Gasteiger partial charge in [-0.25, -0.2) is 14.8 Å². The van der Waals surface area contributed by atoms with Crippen molar-refractivity contribution >= 4 is 17.9 Å². The largest absolute Gasteiger partial charge is 0.493 e. The van der Waals surface area contributed by atoms with Gasteiger partial charge in [0.25, 0.3) is 0 Å². The summed E-state index contributed by atoms with van der Waals surface area (Å²) < 4.78 is 21.6. The molecule has 10 nitrogen and oxygen atoms in total. The first kappa shape index (κ1) is 23.1. The SMILES string of the molecule is COC(=O)Nc1nc2ccc3c(cc-2n1)[C@H](NC(C)=O)CCc1cc(OC)c(OC)c(OC)c1-3. The van der Waals surface area contributed by atoms with Crippen LogP contribution in [0.1, 0.15) is 30.5 Å². The first-order valence-electron chi connectivity index (χ1n) is 10.7. The van der Waals surface area contributed by atoms with E-state index in [1.165, 1.54) is 14.0 Å². The number of anilines is 1. The minimum absolute atomic E-state index is 0.135. The van der Waals surface area contributed by atoms with Crippen LogP contribution in [0.2, 0.25) is 0 Å². The molecular formula is C24H26N4O6. The van der Waals surface area contributed by atoms with Crippen molar-refractivity contribution < 1.29 is 28.5 Å². The molecule has 0 fully saturated rings. The molecule has 3 aliphatic rings. The standard InChI is InChI=1S/C24H26N4O6/c1-12(29)25-16-8-6-13-10-19(31-2)21(32-3)22(33-4)20(13)14-7-9-17-18(11-15(14)16)27-23(26-17)28-24(30)34-5/h7,9-11,16H,6,8H2,1-5H3,(H,25,29)(H,26,27,28,30)/t16-/m1/s1. The molecule has 0 unspecified atom stereocenters. The number of fused-ring (bicyclic) bond motifs is 4. The number of carbonyl (C=O) groups excluding carboxylic acids is 2. The second-order valence-corrected chi connectivity index (χ2v) is 7.75. The second-order valence-electron chi connectivity index (χ2n) is 7.75. The molecule has 2 aliphatic carbocycles. The van der Waals surface area contributed by atoms with Crippen molar-refractivity contribution in [2.24, 2.45) is 0 Å². The molecule has 0 saturated carbocycles. The van der Waals surface area contributed by atoms with Gasteiger partial charge in [0.2, 0.25) is 17.6 Å². The highest BCUT2D eigenvalue weighted by Gasteiger charge is 2.30. The normalized spacial score (nSPS) is 14.3. The summed E-state index contributed by atoms with van der Waals surface area (Å²) in [6.45, 7) is 1.49. The Kier molecular flexibility index (Phi) is 6.40. The van der Waals surface area contributed by atoms with Crippen molar-refractivity contribution in [2.75, 3.05) is 33.8 Å². The van der Waals surface area contributed by atoms with Gasteiger partial charge >= 0.3 is 6.09 Å². The smallest absolute Gasteiger partial charge is 0.413 e. The van der Waals surface area contributed by atoms with Gasteiger partial charge in [-0.05, 0) is 47.7 Å². The summed E-state index contributed by atoms with van der Waals surface area (Å²) in [5.41, 5.74) is 4.69. The molecule has 0 bridgehead atoms. The molecule has 1 aromatic carbocycles. The number of benzene rings is 1. The van der Waals surface area contributed by atoms with Gasteiger partial charge in [0.15, 0.2) is 11.5 Å². The lowest BCUT2D eigenvalue weighted by Crippen LogP contribution is -2.26. The number of carbonyl (C=O) groups is 2. The minimum atomic E-state index is -0.658. The van der Waals surface area contributed by atoms with Crippen LogP contribution in [0.25, 0.3) is 22.5 Å². The fourth-order valence-corrected chi connectivity index (χ4v) is 4.34. The zero-order valence-corrected chi connectivity index (χ0v) is 19.6. The summed E-state index contributed by atoms with van der Waals surface area (Å²) in [4.78, 5) is 32.5. The van der Waals surface area contributed by atoms with Crippen molar-refractivity contribution in [3.8, 4) is 39.8 Å². The Bertz CT molecular complexity index is 1230. The summed E-state index contributed by atoms with van der Waals surface area (Å²) in [6.07, 6.45) is 0.653. The number of ether oxygens (including phenoxy) is 4. The van der Waals surface area contributed by atoms with Gasteiger partial charge in [-0.2, -0.15) is 0 Å². The van der Waals surface area contributed by atoms with Crippen molar-refractivity contribution in [3.05, 3.63) is 35.4 Å². The molecule has 34 heavy (non-hydrogen) atoms. The summed E-state index contributed by atoms with van der Waals surface area (Å²) in [7, 11) is 6.00. The van der Waals surface area contributed by atoms with Crippen LogP contribution in [-0.2, 0) is 16.0 Å². The molecule has 4 rings (SSSR count). The average Bonchev–Trinajstić information content (AvgIpc) is 3.03. The quantitative estimate of drug-likeness (QED) is 0.585. The van der Waals surface area contributed by atoms with E-state index in [1.54, 1.807) is 21.3 Å². The molecular weight excluding hydrogens is 440 g/mol. The van der Waals surface area contributed by atoms with Crippen LogP contribution in [0, 0.1) is 0 Å². The molecule has 2 N–H and O–H groups in total. The Morgan fingerprint density at radius 1 is 0.971 bits per heavy atom. The Hall–Kier alpha value is -4.08. The molecule has 1 atom stereocenters. The van der Waals surface area contributed by atoms with Gasteiger partial charge in [-0.15, -0.1) is 0 Å². The van der Waals surface area contributed by atoms with Crippen molar-refractivity contribution in [1.82, 2.24) is 15.3 Å². The number of methoxy groups -OCH3 is 4. The van der Waals surface area contributed by atoms with E-state index in [0.717, 1.165) is 22.3 Å². The first-order valence-corrected chi connectivity index (χ1v) is 10.7. The topological polar surface area (TPSA) is 121 Å². The Morgan fingerprint density at radius 2 is 1.71 bits per heavy atom. The van der Waals surface area contributed by atoms with Gasteiger partial charge in [-0.3, -0.25) is 10.1 Å². The number of amides is 2. The van der Waals surface area contributed by atoms with E-state index in [2.05, 4.69) is 25.3 Å². The average molecular weight is 466 g/mol. The maximum absolute atomic E-state index is 12.1. The van der Waals surface area contributed by atoms with Crippen molar-refractivity contribution in [2.45, 2.75) is 25.8 Å². The molecule has 0 radical (unpaired) electrons. The van der Waals surface area contributed by atoms with Crippen LogP contribution in [0.5, 0.6) is 17.2 Å². The molecule has 178 valence electrons. The van der Waals surface area contributed by atoms with E-state index in [9.17, 15) is 9.59 Å². The lowest BCUT2D eigenvalue weighted by atomic mass is 9.95. The van der Waals surface area contributed by atoms with E-state index < -0.39 is 6.09 Å². The highest BCUT2D eigenvalue weighted by atomic mass is 16.5. The Morgan fingerprint density at radius 3 is 2.35 bits per heavy atom. The summed E-state index contributed by atoms with van der Waals surface area (Å²) in [5, 5.41) is 5.54. The molecule has 1 aliphatic heterocycles. The molecule has 0 saturated heterocycles. The van der Waals surface area contributed by atoms with E-state index in [4.69, 9.17) is 14.2 Å². The van der Waals surface area contributed by atoms with E-state index >= 15 is 0 Å². The number of hydrogen-bond donors (Lipinski definition) is 2. The monoisotopic (exact) mass is 466 g/mol. The molecule has 1 heterocycles. The Labute approximate surface area is 196 Å². The summed E-state index contributed by atoms with van der Waals surface area (Å²) in [6, 6.07) is 7.27. The number of rotatable bonds is 5. The van der Waals surface area contributed by atoms with Gasteiger partial charge in [-0.1, -0.05) is 6.07 Å². The summed E-state index contributed by atoms with van der Waals surface area (Å²) >= 11 is 0. The van der Waals surface area contributed by atoms with E-state index in [1.807, 2.05) is 24.3 Å². The van der Waals surface area contributed by atoms with Gasteiger partial charge in [0.05, 0.1) is 45.9 Å². The lowest BCUT2D eigenvalue weighted by molar-refractivity contribution is -0.119. The molecule has 10 heteroatoms. The lowest BCUT2D eigenvalue weighted by Gasteiger charge is -2.19. The van der Waals surface area contributed by atoms with Crippen LogP contribution in [0.4, 0.5) is 10.7 Å². The van der Waals surface area contributed by atoms with Crippen molar-refractivity contribution in [1.29, 1.82) is 0 Å². The summed E-state index contributed by atoms with van der Waals surface area (Å²) in [5.74, 6) is 1.59. The highest BCUT2D eigenvalue weighted by molar-refractivity contribution is 5.86. The minimum Gasteiger partial charge on any atom is -0.493 e. The van der Waals surface area contributed by atoms with Gasteiger partial charge < -0.3 is 24.3 Å². The predicted octanol–water partition coefficient (Wildman–Crippen LogP) is 3.58. The predicted molar refractivity (Wildman–Crippen MR) is 125 cm³/mol. The van der Waals surface area contributed by atoms with E-state index in [-0.39, 0.29) is 17.9 Å². The molecule has 0 spiro atoms. The van der Waals surface area contributed by atoms with Crippen LogP contribution in [0.15, 0.2) is 24.3 Å². The first-order chi connectivity index (χ1) is 16.4. The molecule has 0 aromatic heterocycles. The molecule has 1 aromatic rings. The third kappa shape index (κ3) is 4.14. The molecule has 2 amide bonds.